The van der Waals surface area contributed by atoms with E-state index in [0.29, 0.717) is 5.92 Å². The first-order valence-electron chi connectivity index (χ1n) is 8.67. The number of nitrogens with one attached hydrogen (secondary N) is 1. The lowest BCUT2D eigenvalue weighted by Gasteiger charge is -2.34. The van der Waals surface area contributed by atoms with E-state index in [9.17, 15) is 5.11 Å². The fraction of sp³-hybridized carbons (Fsp3) is 0.350. The first kappa shape index (κ1) is 15.4. The highest BCUT2D eigenvalue weighted by molar-refractivity contribution is 5.82. The van der Waals surface area contributed by atoms with Gasteiger partial charge in [-0.15, -0.1) is 0 Å². The summed E-state index contributed by atoms with van der Waals surface area (Å²) < 4.78 is 0. The molecule has 1 aliphatic rings. The summed E-state index contributed by atoms with van der Waals surface area (Å²) in [4.78, 5) is 10.1. The number of aliphatic hydroxyl groups is 1. The van der Waals surface area contributed by atoms with Gasteiger partial charge in [0.15, 0.2) is 0 Å². The number of hydrogen-bond acceptors (Lipinski definition) is 3. The predicted octanol–water partition coefficient (Wildman–Crippen LogP) is 3.51. The Bertz CT molecular complexity index is 791. The maximum absolute atomic E-state index is 10.5. The van der Waals surface area contributed by atoms with Crippen molar-refractivity contribution in [2.24, 2.45) is 5.92 Å². The second-order valence-corrected chi connectivity index (χ2v) is 6.67. The van der Waals surface area contributed by atoms with Crippen molar-refractivity contribution in [3.05, 3.63) is 66.1 Å². The van der Waals surface area contributed by atoms with Crippen LogP contribution < -0.4 is 0 Å². The number of piperidine rings is 1. The van der Waals surface area contributed by atoms with Crippen molar-refractivity contribution in [1.29, 1.82) is 0 Å². The monoisotopic (exact) mass is 321 g/mol. The van der Waals surface area contributed by atoms with Gasteiger partial charge in [0.2, 0.25) is 0 Å². The van der Waals surface area contributed by atoms with Crippen molar-refractivity contribution in [2.75, 3.05) is 13.1 Å². The average Bonchev–Trinajstić information content (AvgIpc) is 3.12. The molecule has 2 N–H and O–H groups in total. The molecular formula is C20H23N3O. The minimum atomic E-state index is -0.443. The maximum atomic E-state index is 10.5. The van der Waals surface area contributed by atoms with E-state index in [2.05, 4.69) is 39.1 Å². The summed E-state index contributed by atoms with van der Waals surface area (Å²) in [6.07, 6.45) is 5.35. The third-order valence-electron chi connectivity index (χ3n) is 5.15. The zero-order valence-electron chi connectivity index (χ0n) is 13.7. The van der Waals surface area contributed by atoms with Crippen LogP contribution in [0.15, 0.2) is 54.9 Å². The van der Waals surface area contributed by atoms with Gasteiger partial charge in [0, 0.05) is 29.8 Å². The van der Waals surface area contributed by atoms with Crippen LogP contribution in [0.5, 0.6) is 0 Å². The summed E-state index contributed by atoms with van der Waals surface area (Å²) in [5, 5.41) is 11.9. The van der Waals surface area contributed by atoms with Gasteiger partial charge in [-0.1, -0.05) is 18.2 Å². The van der Waals surface area contributed by atoms with Crippen LogP contribution >= 0.6 is 0 Å². The summed E-state index contributed by atoms with van der Waals surface area (Å²) in [5.74, 6) is 0.305. The number of fused-ring (bicyclic) bond motifs is 1. The number of aromatic nitrogens is 2. The Morgan fingerprint density at radius 2 is 2.00 bits per heavy atom. The average molecular weight is 321 g/mol. The number of likely N-dealkylation sites (tertiary alicyclic amines) is 1. The topological polar surface area (TPSA) is 52.2 Å². The van der Waals surface area contributed by atoms with Crippen LogP contribution in [0, 0.1) is 5.92 Å². The molecule has 1 saturated heterocycles. The zero-order valence-corrected chi connectivity index (χ0v) is 13.7. The molecule has 4 nitrogen and oxygen atoms in total. The number of hydrogen-bond donors (Lipinski definition) is 2. The molecule has 0 unspecified atom stereocenters. The highest BCUT2D eigenvalue weighted by atomic mass is 16.3. The van der Waals surface area contributed by atoms with Crippen molar-refractivity contribution in [3.63, 3.8) is 0 Å². The summed E-state index contributed by atoms with van der Waals surface area (Å²) in [6.45, 7) is 3.02. The predicted molar refractivity (Wildman–Crippen MR) is 95.5 cm³/mol. The van der Waals surface area contributed by atoms with E-state index >= 15 is 0 Å². The van der Waals surface area contributed by atoms with Gasteiger partial charge in [-0.25, -0.2) is 0 Å². The second-order valence-electron chi connectivity index (χ2n) is 6.67. The lowest BCUT2D eigenvalue weighted by molar-refractivity contribution is 0.0541. The van der Waals surface area contributed by atoms with Crippen molar-refractivity contribution in [2.45, 2.75) is 25.5 Å². The SMILES string of the molecule is O[C@H](c1ccccn1)C1CCN(Cc2cccc3[nH]ccc23)CC1. The Labute approximate surface area is 142 Å². The first-order chi connectivity index (χ1) is 11.8. The molecule has 0 radical (unpaired) electrons. The van der Waals surface area contributed by atoms with Crippen molar-refractivity contribution < 1.29 is 5.11 Å². The molecule has 1 fully saturated rings. The third kappa shape index (κ3) is 3.07. The van der Waals surface area contributed by atoms with Crippen molar-refractivity contribution in [3.8, 4) is 0 Å². The Hall–Kier alpha value is -2.17. The Balaban J connectivity index is 1.39. The molecule has 0 saturated carbocycles. The molecule has 0 bridgehead atoms. The highest BCUT2D eigenvalue weighted by Crippen LogP contribution is 2.30. The van der Waals surface area contributed by atoms with E-state index in [0.717, 1.165) is 38.2 Å². The molecule has 0 aliphatic carbocycles. The number of rotatable bonds is 4. The van der Waals surface area contributed by atoms with Gasteiger partial charge < -0.3 is 10.1 Å². The molecule has 0 amide bonds. The summed E-state index contributed by atoms with van der Waals surface area (Å²) in [5.41, 5.74) is 3.37. The molecule has 0 spiro atoms. The van der Waals surface area contributed by atoms with Gasteiger partial charge in [-0.05, 0) is 61.7 Å². The molecule has 124 valence electrons. The fourth-order valence-corrected chi connectivity index (χ4v) is 3.75. The van der Waals surface area contributed by atoms with E-state index in [1.165, 1.54) is 16.5 Å². The number of benzene rings is 1. The van der Waals surface area contributed by atoms with Crippen LogP contribution in [0.4, 0.5) is 0 Å². The van der Waals surface area contributed by atoms with Gasteiger partial charge in [0.05, 0.1) is 11.8 Å². The maximum Gasteiger partial charge on any atom is 0.0988 e. The highest BCUT2D eigenvalue weighted by Gasteiger charge is 2.27. The standard InChI is InChI=1S/C20H23N3O/c24-20(19-5-1-2-10-21-19)15-8-12-23(13-9-15)14-16-4-3-6-18-17(16)7-11-22-18/h1-7,10-11,15,20,22,24H,8-9,12-14H2/t20-/m0/s1. The van der Waals surface area contributed by atoms with E-state index in [1.807, 2.05) is 24.4 Å². The minimum absolute atomic E-state index is 0.305. The van der Waals surface area contributed by atoms with Crippen LogP contribution in [0.3, 0.4) is 0 Å². The molecule has 4 heteroatoms. The molecule has 1 atom stereocenters. The molecule has 1 aliphatic heterocycles. The van der Waals surface area contributed by atoms with Gasteiger partial charge in [0.25, 0.3) is 0 Å². The van der Waals surface area contributed by atoms with Crippen LogP contribution in [0.2, 0.25) is 0 Å². The summed E-state index contributed by atoms with van der Waals surface area (Å²) in [6, 6.07) is 14.4. The number of aromatic amines is 1. The van der Waals surface area contributed by atoms with Gasteiger partial charge in [-0.3, -0.25) is 9.88 Å². The van der Waals surface area contributed by atoms with E-state index < -0.39 is 6.10 Å². The molecule has 1 aromatic carbocycles. The molecule has 4 rings (SSSR count). The zero-order chi connectivity index (χ0) is 16.4. The van der Waals surface area contributed by atoms with Gasteiger partial charge >= 0.3 is 0 Å². The van der Waals surface area contributed by atoms with E-state index in [4.69, 9.17) is 0 Å². The number of aliphatic hydroxyl groups excluding tert-OH is 1. The lowest BCUT2D eigenvalue weighted by atomic mass is 9.89. The number of nitrogens with zero attached hydrogens (tertiary/aromatic N) is 2. The quantitative estimate of drug-likeness (QED) is 0.773. The van der Waals surface area contributed by atoms with Crippen LogP contribution in [-0.2, 0) is 6.54 Å². The Kier molecular flexibility index (Phi) is 4.32. The molecular weight excluding hydrogens is 298 g/mol. The van der Waals surface area contributed by atoms with Crippen molar-refractivity contribution >= 4 is 10.9 Å². The fourth-order valence-electron chi connectivity index (χ4n) is 3.75. The van der Waals surface area contributed by atoms with Crippen LogP contribution in [0.25, 0.3) is 10.9 Å². The first-order valence-corrected chi connectivity index (χ1v) is 8.67. The second kappa shape index (κ2) is 6.75. The Morgan fingerprint density at radius 3 is 2.79 bits per heavy atom. The summed E-state index contributed by atoms with van der Waals surface area (Å²) >= 11 is 0. The number of pyridine rings is 1. The number of H-pyrrole nitrogens is 1. The summed E-state index contributed by atoms with van der Waals surface area (Å²) in [7, 11) is 0. The van der Waals surface area contributed by atoms with Crippen molar-refractivity contribution in [1.82, 2.24) is 14.9 Å². The third-order valence-corrected chi connectivity index (χ3v) is 5.15. The van der Waals surface area contributed by atoms with E-state index in [1.54, 1.807) is 6.20 Å². The minimum Gasteiger partial charge on any atom is -0.387 e. The normalized spacial score (nSPS) is 18.0. The molecule has 2 aromatic heterocycles. The molecule has 24 heavy (non-hydrogen) atoms. The lowest BCUT2D eigenvalue weighted by Crippen LogP contribution is -2.35. The van der Waals surface area contributed by atoms with E-state index in [-0.39, 0.29) is 0 Å². The van der Waals surface area contributed by atoms with Crippen LogP contribution in [-0.4, -0.2) is 33.1 Å². The van der Waals surface area contributed by atoms with Gasteiger partial charge in [-0.2, -0.15) is 0 Å². The van der Waals surface area contributed by atoms with Gasteiger partial charge in [0.1, 0.15) is 0 Å². The largest absolute Gasteiger partial charge is 0.387 e. The molecule has 3 heterocycles. The van der Waals surface area contributed by atoms with Crippen LogP contribution in [0.1, 0.15) is 30.2 Å². The smallest absolute Gasteiger partial charge is 0.0988 e. The molecule has 3 aromatic rings. The Morgan fingerprint density at radius 1 is 1.12 bits per heavy atom.